The lowest BCUT2D eigenvalue weighted by Gasteiger charge is -2.10. The van der Waals surface area contributed by atoms with Crippen molar-refractivity contribution in [3.05, 3.63) is 47.0 Å². The third kappa shape index (κ3) is 5.28. The van der Waals surface area contributed by atoms with Gasteiger partial charge in [-0.2, -0.15) is 4.98 Å². The lowest BCUT2D eigenvalue weighted by atomic mass is 10.2. The number of nitrogens with one attached hydrogen (secondary N) is 2. The summed E-state index contributed by atoms with van der Waals surface area (Å²) < 4.78 is 16.7. The Kier molecular flexibility index (Phi) is 6.83. The van der Waals surface area contributed by atoms with Gasteiger partial charge in [0.25, 0.3) is 17.6 Å². The molecule has 0 fully saturated rings. The predicted molar refractivity (Wildman–Crippen MR) is 110 cm³/mol. The average molecular weight is 442 g/mol. The van der Waals surface area contributed by atoms with Crippen LogP contribution < -0.4 is 20.3 Å². The van der Waals surface area contributed by atoms with Crippen LogP contribution in [0.4, 0.5) is 0 Å². The molecule has 0 aliphatic heterocycles. The second kappa shape index (κ2) is 9.73. The maximum absolute atomic E-state index is 12.2. The number of nitrogens with zero attached hydrogens (tertiary/aromatic N) is 4. The average Bonchev–Trinajstić information content (AvgIpc) is 3.17. The molecule has 2 amide bonds. The van der Waals surface area contributed by atoms with E-state index in [4.69, 9.17) is 14.2 Å². The molecule has 2 heterocycles. The molecule has 12 heteroatoms. The number of aromatic nitrogens is 4. The quantitative estimate of drug-likeness (QED) is 0.390. The molecule has 168 valence electrons. The molecule has 2 aromatic heterocycles. The summed E-state index contributed by atoms with van der Waals surface area (Å²) in [6.07, 6.45) is -0.229. The molecule has 0 aliphatic rings. The zero-order valence-corrected chi connectivity index (χ0v) is 18.0. The minimum Gasteiger partial charge on any atom is -0.493 e. The Hall–Kier alpha value is -4.22. The summed E-state index contributed by atoms with van der Waals surface area (Å²) in [6, 6.07) is 6.36. The maximum atomic E-state index is 12.2. The van der Waals surface area contributed by atoms with E-state index in [2.05, 4.69) is 25.9 Å². The molecule has 12 nitrogen and oxygen atoms in total. The van der Waals surface area contributed by atoms with Crippen LogP contribution >= 0.6 is 0 Å². The van der Waals surface area contributed by atoms with E-state index in [1.165, 1.54) is 30.9 Å². The minimum absolute atomic E-state index is 0.221. The van der Waals surface area contributed by atoms with Gasteiger partial charge in [0, 0.05) is 17.0 Å². The summed E-state index contributed by atoms with van der Waals surface area (Å²) in [5.41, 5.74) is 6.23. The zero-order valence-electron chi connectivity index (χ0n) is 18.0. The van der Waals surface area contributed by atoms with E-state index in [0.717, 1.165) is 11.4 Å². The number of ether oxygens (including phenoxy) is 3. The topological polar surface area (TPSA) is 146 Å². The summed E-state index contributed by atoms with van der Waals surface area (Å²) in [4.78, 5) is 44.5. The SMILES string of the molecule is COc1ccc(C(=O)NNC(=O)COC(=O)Cc2nc3nc(C)cc(C)n3n2)cc1OC. The van der Waals surface area contributed by atoms with Gasteiger partial charge in [0.2, 0.25) is 0 Å². The summed E-state index contributed by atoms with van der Waals surface area (Å²) in [5.74, 6) is -0.584. The van der Waals surface area contributed by atoms with Crippen LogP contribution in [-0.2, 0) is 20.7 Å². The highest BCUT2D eigenvalue weighted by Crippen LogP contribution is 2.27. The predicted octanol–water partition coefficient (Wildman–Crippen LogP) is 0.305. The number of hydrogen-bond acceptors (Lipinski definition) is 9. The molecule has 1 aromatic carbocycles. The summed E-state index contributed by atoms with van der Waals surface area (Å²) >= 11 is 0. The largest absolute Gasteiger partial charge is 0.493 e. The Morgan fingerprint density at radius 2 is 1.75 bits per heavy atom. The van der Waals surface area contributed by atoms with Crippen molar-refractivity contribution in [1.29, 1.82) is 0 Å². The van der Waals surface area contributed by atoms with Gasteiger partial charge in [0.1, 0.15) is 6.42 Å². The highest BCUT2D eigenvalue weighted by Gasteiger charge is 2.15. The van der Waals surface area contributed by atoms with Gasteiger partial charge < -0.3 is 14.2 Å². The van der Waals surface area contributed by atoms with Crippen LogP contribution in [0.25, 0.3) is 5.78 Å². The summed E-state index contributed by atoms with van der Waals surface area (Å²) in [7, 11) is 2.92. The molecular formula is C20H22N6O6. The van der Waals surface area contributed by atoms with E-state index in [1.807, 2.05) is 19.9 Å². The highest BCUT2D eigenvalue weighted by atomic mass is 16.5. The summed E-state index contributed by atoms with van der Waals surface area (Å²) in [6.45, 7) is 3.09. The third-order valence-corrected chi connectivity index (χ3v) is 4.29. The van der Waals surface area contributed by atoms with Gasteiger partial charge in [-0.1, -0.05) is 0 Å². The highest BCUT2D eigenvalue weighted by molar-refractivity contribution is 5.96. The van der Waals surface area contributed by atoms with E-state index in [1.54, 1.807) is 6.07 Å². The van der Waals surface area contributed by atoms with Gasteiger partial charge in [0.05, 0.1) is 14.2 Å². The smallest absolute Gasteiger partial charge is 0.314 e. The van der Waals surface area contributed by atoms with Crippen molar-refractivity contribution in [2.24, 2.45) is 0 Å². The second-order valence-electron chi connectivity index (χ2n) is 6.69. The number of hydrogen-bond donors (Lipinski definition) is 2. The molecule has 0 atom stereocenters. The van der Waals surface area contributed by atoms with E-state index in [-0.39, 0.29) is 17.8 Å². The second-order valence-corrected chi connectivity index (χ2v) is 6.69. The standard InChI is InChI=1S/C20H22N6O6/c1-11-7-12(2)26-20(21-11)22-16(25-26)9-18(28)32-10-17(27)23-24-19(29)13-5-6-14(30-3)15(8-13)31-4/h5-8H,9-10H2,1-4H3,(H,23,27)(H,24,29). The zero-order chi connectivity index (χ0) is 23.3. The molecule has 0 radical (unpaired) electrons. The first kappa shape index (κ1) is 22.5. The molecule has 0 aliphatic carbocycles. The first-order chi connectivity index (χ1) is 15.3. The molecule has 3 rings (SSSR count). The molecule has 0 saturated carbocycles. The number of esters is 1. The van der Waals surface area contributed by atoms with Crippen LogP contribution in [0.3, 0.4) is 0 Å². The molecule has 0 bridgehead atoms. The van der Waals surface area contributed by atoms with Crippen LogP contribution in [0.5, 0.6) is 11.5 Å². The number of fused-ring (bicyclic) bond motifs is 1. The van der Waals surface area contributed by atoms with Gasteiger partial charge in [-0.15, -0.1) is 5.10 Å². The number of methoxy groups -OCH3 is 2. The van der Waals surface area contributed by atoms with Gasteiger partial charge in [-0.3, -0.25) is 25.2 Å². The Labute approximate surface area is 182 Å². The van der Waals surface area contributed by atoms with Crippen LogP contribution in [0.1, 0.15) is 27.6 Å². The fraction of sp³-hybridized carbons (Fsp3) is 0.300. The molecule has 32 heavy (non-hydrogen) atoms. The monoisotopic (exact) mass is 442 g/mol. The van der Waals surface area contributed by atoms with Crippen molar-refractivity contribution < 1.29 is 28.6 Å². The van der Waals surface area contributed by atoms with E-state index >= 15 is 0 Å². The van der Waals surface area contributed by atoms with Crippen molar-refractivity contribution in [3.8, 4) is 11.5 Å². The van der Waals surface area contributed by atoms with Crippen molar-refractivity contribution in [2.45, 2.75) is 20.3 Å². The molecule has 0 saturated heterocycles. The lowest BCUT2D eigenvalue weighted by molar-refractivity contribution is -0.148. The van der Waals surface area contributed by atoms with Gasteiger partial charge in [-0.05, 0) is 38.1 Å². The third-order valence-electron chi connectivity index (χ3n) is 4.29. The first-order valence-electron chi connectivity index (χ1n) is 9.47. The van der Waals surface area contributed by atoms with Crippen LogP contribution in [0, 0.1) is 13.8 Å². The number of hydrazine groups is 1. The number of rotatable bonds is 7. The normalized spacial score (nSPS) is 10.5. The minimum atomic E-state index is -0.719. The Balaban J connectivity index is 1.48. The fourth-order valence-electron chi connectivity index (χ4n) is 2.82. The molecular weight excluding hydrogens is 420 g/mol. The van der Waals surface area contributed by atoms with Gasteiger partial charge >= 0.3 is 5.97 Å². The number of aryl methyl sites for hydroxylation is 2. The van der Waals surface area contributed by atoms with E-state index < -0.39 is 24.4 Å². The number of carbonyl (C=O) groups excluding carboxylic acids is 3. The Morgan fingerprint density at radius 1 is 1.00 bits per heavy atom. The number of amides is 2. The maximum Gasteiger partial charge on any atom is 0.314 e. The molecule has 0 spiro atoms. The molecule has 2 N–H and O–H groups in total. The van der Waals surface area contributed by atoms with Gasteiger partial charge in [0.15, 0.2) is 23.9 Å². The van der Waals surface area contributed by atoms with Crippen LogP contribution in [0.15, 0.2) is 24.3 Å². The number of benzene rings is 1. The van der Waals surface area contributed by atoms with Crippen LogP contribution in [0.2, 0.25) is 0 Å². The summed E-state index contributed by atoms with van der Waals surface area (Å²) in [5, 5.41) is 4.21. The van der Waals surface area contributed by atoms with Crippen molar-refractivity contribution in [3.63, 3.8) is 0 Å². The Bertz CT molecular complexity index is 1170. The fourth-order valence-corrected chi connectivity index (χ4v) is 2.82. The Morgan fingerprint density at radius 3 is 2.47 bits per heavy atom. The number of carbonyl (C=O) groups is 3. The van der Waals surface area contributed by atoms with Crippen molar-refractivity contribution in [2.75, 3.05) is 20.8 Å². The van der Waals surface area contributed by atoms with E-state index in [9.17, 15) is 14.4 Å². The first-order valence-corrected chi connectivity index (χ1v) is 9.47. The van der Waals surface area contributed by atoms with Crippen molar-refractivity contribution >= 4 is 23.6 Å². The molecule has 0 unspecified atom stereocenters. The van der Waals surface area contributed by atoms with Crippen molar-refractivity contribution in [1.82, 2.24) is 30.4 Å². The van der Waals surface area contributed by atoms with Crippen LogP contribution in [-0.4, -0.2) is 58.2 Å². The van der Waals surface area contributed by atoms with E-state index in [0.29, 0.717) is 17.3 Å². The lowest BCUT2D eigenvalue weighted by Crippen LogP contribution is -2.43. The van der Waals surface area contributed by atoms with Gasteiger partial charge in [-0.25, -0.2) is 9.50 Å². The molecule has 3 aromatic rings.